The maximum atomic E-state index is 11.5. The average Bonchev–Trinajstić information content (AvgIpc) is 2.22. The normalized spacial score (nSPS) is 21.1. The highest BCUT2D eigenvalue weighted by molar-refractivity contribution is 5.87. The molecule has 0 aromatic rings. The molecule has 1 amide bonds. The first-order chi connectivity index (χ1) is 7.24. The van der Waals surface area contributed by atoms with Crippen LogP contribution in [0.3, 0.4) is 0 Å². The minimum Gasteiger partial charge on any atom is -0.356 e. The first-order valence-electron chi connectivity index (χ1n) is 5.64. The fourth-order valence-electron chi connectivity index (χ4n) is 1.88. The van der Waals surface area contributed by atoms with Crippen LogP contribution in [0, 0.1) is 5.92 Å². The Morgan fingerprint density at radius 1 is 1.53 bits per heavy atom. The Morgan fingerprint density at radius 2 is 2.33 bits per heavy atom. The summed E-state index contributed by atoms with van der Waals surface area (Å²) in [5, 5.41) is 2.79. The van der Waals surface area contributed by atoms with Crippen LogP contribution in [-0.2, 0) is 9.59 Å². The highest BCUT2D eigenvalue weighted by Crippen LogP contribution is 2.23. The van der Waals surface area contributed by atoms with E-state index in [1.165, 1.54) is 0 Å². The maximum Gasteiger partial charge on any atom is 0.220 e. The van der Waals surface area contributed by atoms with Crippen molar-refractivity contribution < 1.29 is 9.59 Å². The van der Waals surface area contributed by atoms with Gasteiger partial charge < -0.3 is 5.32 Å². The standard InChI is InChI=1S/C12H19NO2/c1-2-3-8-13-12(15)9-10-6-4-5-7-11(10)14/h2,10H,1,3-9H2,(H,13,15). The fraction of sp³-hybridized carbons (Fsp3) is 0.667. The number of amides is 1. The molecule has 3 nitrogen and oxygen atoms in total. The summed E-state index contributed by atoms with van der Waals surface area (Å²) in [6.07, 6.45) is 6.54. The largest absolute Gasteiger partial charge is 0.356 e. The monoisotopic (exact) mass is 209 g/mol. The summed E-state index contributed by atoms with van der Waals surface area (Å²) in [4.78, 5) is 22.9. The van der Waals surface area contributed by atoms with E-state index < -0.39 is 0 Å². The van der Waals surface area contributed by atoms with Crippen LogP contribution in [0.1, 0.15) is 38.5 Å². The molecule has 1 aliphatic rings. The number of ketones is 1. The van der Waals surface area contributed by atoms with Gasteiger partial charge >= 0.3 is 0 Å². The summed E-state index contributed by atoms with van der Waals surface area (Å²) in [6, 6.07) is 0. The minimum absolute atomic E-state index is 0.00269. The van der Waals surface area contributed by atoms with E-state index in [-0.39, 0.29) is 17.6 Å². The molecule has 1 rings (SSSR count). The van der Waals surface area contributed by atoms with Gasteiger partial charge in [-0.05, 0) is 19.3 Å². The van der Waals surface area contributed by atoms with Crippen LogP contribution in [0.4, 0.5) is 0 Å². The van der Waals surface area contributed by atoms with Crippen molar-refractivity contribution in [3.8, 4) is 0 Å². The number of Topliss-reactive ketones (excluding diaryl/α,β-unsaturated/α-hetero) is 1. The molecule has 1 aliphatic carbocycles. The molecule has 0 aliphatic heterocycles. The highest BCUT2D eigenvalue weighted by atomic mass is 16.2. The van der Waals surface area contributed by atoms with Crippen molar-refractivity contribution in [1.82, 2.24) is 5.32 Å². The van der Waals surface area contributed by atoms with Crippen molar-refractivity contribution in [3.63, 3.8) is 0 Å². The third-order valence-corrected chi connectivity index (χ3v) is 2.78. The van der Waals surface area contributed by atoms with Gasteiger partial charge in [-0.1, -0.05) is 12.5 Å². The van der Waals surface area contributed by atoms with Crippen molar-refractivity contribution in [1.29, 1.82) is 0 Å². The number of hydrogen-bond donors (Lipinski definition) is 1. The summed E-state index contributed by atoms with van der Waals surface area (Å²) in [7, 11) is 0. The molecule has 1 atom stereocenters. The molecule has 0 bridgehead atoms. The fourth-order valence-corrected chi connectivity index (χ4v) is 1.88. The summed E-state index contributed by atoms with van der Waals surface area (Å²) in [6.45, 7) is 4.21. The van der Waals surface area contributed by atoms with Crippen LogP contribution in [0.25, 0.3) is 0 Å². The van der Waals surface area contributed by atoms with Crippen LogP contribution < -0.4 is 5.32 Å². The molecular formula is C12H19NO2. The zero-order valence-corrected chi connectivity index (χ0v) is 9.13. The summed E-state index contributed by atoms with van der Waals surface area (Å²) in [5.41, 5.74) is 0. The molecule has 0 radical (unpaired) electrons. The van der Waals surface area contributed by atoms with E-state index in [9.17, 15) is 9.59 Å². The Bertz CT molecular complexity index is 248. The number of nitrogens with one attached hydrogen (secondary N) is 1. The summed E-state index contributed by atoms with van der Waals surface area (Å²) in [5.74, 6) is 0.236. The minimum atomic E-state index is -0.0255. The van der Waals surface area contributed by atoms with E-state index in [1.807, 2.05) is 0 Å². The highest BCUT2D eigenvalue weighted by Gasteiger charge is 2.24. The molecule has 84 valence electrons. The zero-order chi connectivity index (χ0) is 11.1. The topological polar surface area (TPSA) is 46.2 Å². The van der Waals surface area contributed by atoms with Gasteiger partial charge in [-0.3, -0.25) is 9.59 Å². The van der Waals surface area contributed by atoms with Gasteiger partial charge in [0, 0.05) is 25.3 Å². The van der Waals surface area contributed by atoms with Crippen molar-refractivity contribution in [3.05, 3.63) is 12.7 Å². The quantitative estimate of drug-likeness (QED) is 0.554. The second kappa shape index (κ2) is 6.38. The van der Waals surface area contributed by atoms with Gasteiger partial charge in [-0.2, -0.15) is 0 Å². The van der Waals surface area contributed by atoms with Crippen LogP contribution in [0.15, 0.2) is 12.7 Å². The molecule has 0 aromatic heterocycles. The van der Waals surface area contributed by atoms with E-state index >= 15 is 0 Å². The molecule has 1 fully saturated rings. The molecule has 0 heterocycles. The molecule has 1 saturated carbocycles. The lowest BCUT2D eigenvalue weighted by atomic mass is 9.85. The van der Waals surface area contributed by atoms with Crippen molar-refractivity contribution in [2.24, 2.45) is 5.92 Å². The number of carbonyl (C=O) groups excluding carboxylic acids is 2. The SMILES string of the molecule is C=CCCNC(=O)CC1CCCCC1=O. The van der Waals surface area contributed by atoms with Gasteiger partial charge in [0.15, 0.2) is 0 Å². The van der Waals surface area contributed by atoms with E-state index in [2.05, 4.69) is 11.9 Å². The smallest absolute Gasteiger partial charge is 0.220 e. The summed E-state index contributed by atoms with van der Waals surface area (Å²) < 4.78 is 0. The second-order valence-electron chi connectivity index (χ2n) is 4.04. The second-order valence-corrected chi connectivity index (χ2v) is 4.04. The number of rotatable bonds is 5. The van der Waals surface area contributed by atoms with Gasteiger partial charge in [-0.25, -0.2) is 0 Å². The Balaban J connectivity index is 2.23. The predicted molar refractivity (Wildman–Crippen MR) is 59.4 cm³/mol. The lowest BCUT2D eigenvalue weighted by Crippen LogP contribution is -2.30. The van der Waals surface area contributed by atoms with E-state index in [0.29, 0.717) is 19.4 Å². The maximum absolute atomic E-state index is 11.5. The zero-order valence-electron chi connectivity index (χ0n) is 9.13. The molecule has 3 heteroatoms. The van der Waals surface area contributed by atoms with E-state index in [4.69, 9.17) is 0 Å². The molecular weight excluding hydrogens is 190 g/mol. The molecule has 0 aromatic carbocycles. The molecule has 0 spiro atoms. The van der Waals surface area contributed by atoms with Crippen LogP contribution >= 0.6 is 0 Å². The summed E-state index contributed by atoms with van der Waals surface area (Å²) >= 11 is 0. The average molecular weight is 209 g/mol. The van der Waals surface area contributed by atoms with Crippen molar-refractivity contribution in [2.75, 3.05) is 6.54 Å². The van der Waals surface area contributed by atoms with Gasteiger partial charge in [-0.15, -0.1) is 6.58 Å². The van der Waals surface area contributed by atoms with Crippen LogP contribution in [-0.4, -0.2) is 18.2 Å². The van der Waals surface area contributed by atoms with Gasteiger partial charge in [0.25, 0.3) is 0 Å². The van der Waals surface area contributed by atoms with E-state index in [1.54, 1.807) is 6.08 Å². The lowest BCUT2D eigenvalue weighted by Gasteiger charge is -2.19. The molecule has 15 heavy (non-hydrogen) atoms. The van der Waals surface area contributed by atoms with Crippen molar-refractivity contribution >= 4 is 11.7 Å². The Morgan fingerprint density at radius 3 is 3.00 bits per heavy atom. The van der Waals surface area contributed by atoms with Gasteiger partial charge in [0.05, 0.1) is 0 Å². The lowest BCUT2D eigenvalue weighted by molar-refractivity contribution is -0.130. The first kappa shape index (κ1) is 12.0. The van der Waals surface area contributed by atoms with E-state index in [0.717, 1.165) is 25.7 Å². The van der Waals surface area contributed by atoms with Crippen LogP contribution in [0.5, 0.6) is 0 Å². The Hall–Kier alpha value is -1.12. The Labute approximate surface area is 90.9 Å². The first-order valence-corrected chi connectivity index (χ1v) is 5.64. The third kappa shape index (κ3) is 4.28. The van der Waals surface area contributed by atoms with Crippen LogP contribution in [0.2, 0.25) is 0 Å². The van der Waals surface area contributed by atoms with Gasteiger partial charge in [0.1, 0.15) is 5.78 Å². The predicted octanol–water partition coefficient (Wildman–Crippen LogP) is 1.83. The van der Waals surface area contributed by atoms with Crippen molar-refractivity contribution in [2.45, 2.75) is 38.5 Å². The molecule has 1 N–H and O–H groups in total. The van der Waals surface area contributed by atoms with Gasteiger partial charge in [0.2, 0.25) is 5.91 Å². The Kier molecular flexibility index (Phi) is 5.08. The third-order valence-electron chi connectivity index (χ3n) is 2.78. The number of hydrogen-bond acceptors (Lipinski definition) is 2. The number of carbonyl (C=O) groups is 2. The molecule has 0 saturated heterocycles. The molecule has 1 unspecified atom stereocenters.